The molecule has 112 valence electrons. The highest BCUT2D eigenvalue weighted by atomic mass is 35.5. The zero-order chi connectivity index (χ0) is 14.8. The molecule has 0 aliphatic carbocycles. The molecular formula is C15H22ClNO2S. The lowest BCUT2D eigenvalue weighted by Crippen LogP contribution is -2.38. The van der Waals surface area contributed by atoms with Crippen molar-refractivity contribution in [1.29, 1.82) is 0 Å². The van der Waals surface area contributed by atoms with E-state index in [-0.39, 0.29) is 12.0 Å². The third kappa shape index (κ3) is 6.64. The Morgan fingerprint density at radius 2 is 2.10 bits per heavy atom. The number of ether oxygens (including phenoxy) is 1. The predicted octanol–water partition coefficient (Wildman–Crippen LogP) is 3.50. The maximum absolute atomic E-state index is 11.6. The average molecular weight is 316 g/mol. The lowest BCUT2D eigenvalue weighted by Gasteiger charge is -2.15. The number of carbonyl (C=O) groups is 1. The Morgan fingerprint density at radius 1 is 1.40 bits per heavy atom. The van der Waals surface area contributed by atoms with Gasteiger partial charge in [-0.2, -0.15) is 11.8 Å². The van der Waals surface area contributed by atoms with Crippen molar-refractivity contribution in [2.24, 2.45) is 0 Å². The van der Waals surface area contributed by atoms with Crippen LogP contribution in [0.1, 0.15) is 25.3 Å². The summed E-state index contributed by atoms with van der Waals surface area (Å²) in [7, 11) is 1.43. The van der Waals surface area contributed by atoms with Crippen LogP contribution in [0.3, 0.4) is 0 Å². The van der Waals surface area contributed by atoms with Crippen molar-refractivity contribution in [2.45, 2.75) is 31.6 Å². The number of thioether (sulfide) groups is 1. The summed E-state index contributed by atoms with van der Waals surface area (Å²) in [5, 5.41) is 3.98. The maximum atomic E-state index is 11.6. The first-order valence-electron chi connectivity index (χ1n) is 6.80. The average Bonchev–Trinajstić information content (AvgIpc) is 2.47. The second kappa shape index (κ2) is 10.1. The molecule has 0 aliphatic heterocycles. The fourth-order valence-corrected chi connectivity index (χ4v) is 2.84. The van der Waals surface area contributed by atoms with E-state index in [9.17, 15) is 4.79 Å². The van der Waals surface area contributed by atoms with Gasteiger partial charge in [0.1, 0.15) is 6.04 Å². The molecule has 0 aliphatic rings. The largest absolute Gasteiger partial charge is 0.468 e. The third-order valence-electron chi connectivity index (χ3n) is 2.86. The number of nitrogens with one attached hydrogen (secondary N) is 1. The zero-order valence-corrected chi connectivity index (χ0v) is 13.6. The van der Waals surface area contributed by atoms with Crippen molar-refractivity contribution < 1.29 is 9.53 Å². The number of halogens is 1. The van der Waals surface area contributed by atoms with Gasteiger partial charge < -0.3 is 10.1 Å². The van der Waals surface area contributed by atoms with Gasteiger partial charge in [0.2, 0.25) is 0 Å². The van der Waals surface area contributed by atoms with E-state index >= 15 is 0 Å². The smallest absolute Gasteiger partial charge is 0.322 e. The Bertz CT molecular complexity index is 397. The number of hydrogen-bond donors (Lipinski definition) is 1. The summed E-state index contributed by atoms with van der Waals surface area (Å²) in [6.07, 6.45) is 1.79. The molecule has 1 rings (SSSR count). The SMILES string of the molecule is CCCNC(CCSCc1ccc(Cl)cc1)C(=O)OC. The van der Waals surface area contributed by atoms with Gasteiger partial charge in [0.15, 0.2) is 0 Å². The van der Waals surface area contributed by atoms with E-state index in [0.29, 0.717) is 0 Å². The first-order valence-corrected chi connectivity index (χ1v) is 8.34. The van der Waals surface area contributed by atoms with Crippen LogP contribution in [0.15, 0.2) is 24.3 Å². The van der Waals surface area contributed by atoms with Crippen molar-refractivity contribution in [3.05, 3.63) is 34.9 Å². The molecule has 1 atom stereocenters. The van der Waals surface area contributed by atoms with E-state index in [1.165, 1.54) is 12.7 Å². The van der Waals surface area contributed by atoms with Crippen LogP contribution in [0.4, 0.5) is 0 Å². The minimum absolute atomic E-state index is 0.175. The highest BCUT2D eigenvalue weighted by molar-refractivity contribution is 7.98. The molecule has 0 saturated heterocycles. The van der Waals surface area contributed by atoms with Crippen LogP contribution >= 0.6 is 23.4 Å². The van der Waals surface area contributed by atoms with Crippen molar-refractivity contribution >= 4 is 29.3 Å². The van der Waals surface area contributed by atoms with Gasteiger partial charge >= 0.3 is 5.97 Å². The molecular weight excluding hydrogens is 294 g/mol. The molecule has 0 radical (unpaired) electrons. The highest BCUT2D eigenvalue weighted by Crippen LogP contribution is 2.16. The van der Waals surface area contributed by atoms with Gasteiger partial charge in [0, 0.05) is 10.8 Å². The second-order valence-electron chi connectivity index (χ2n) is 4.50. The molecule has 0 aromatic heterocycles. The lowest BCUT2D eigenvalue weighted by molar-refractivity contribution is -0.143. The van der Waals surface area contributed by atoms with E-state index in [2.05, 4.69) is 12.2 Å². The van der Waals surface area contributed by atoms with Crippen molar-refractivity contribution in [3.63, 3.8) is 0 Å². The molecule has 0 fully saturated rings. The fraction of sp³-hybridized carbons (Fsp3) is 0.533. The summed E-state index contributed by atoms with van der Waals surface area (Å²) in [4.78, 5) is 11.6. The molecule has 0 saturated carbocycles. The number of benzene rings is 1. The van der Waals surface area contributed by atoms with Gasteiger partial charge in [0.05, 0.1) is 7.11 Å². The first-order chi connectivity index (χ1) is 9.67. The summed E-state index contributed by atoms with van der Waals surface area (Å²) in [5.41, 5.74) is 1.25. The van der Waals surface area contributed by atoms with Crippen LogP contribution in [-0.4, -0.2) is 31.4 Å². The molecule has 0 bridgehead atoms. The minimum atomic E-state index is -0.197. The molecule has 0 spiro atoms. The lowest BCUT2D eigenvalue weighted by atomic mass is 10.2. The Morgan fingerprint density at radius 3 is 2.70 bits per heavy atom. The maximum Gasteiger partial charge on any atom is 0.322 e. The summed E-state index contributed by atoms with van der Waals surface area (Å²) >= 11 is 7.66. The number of carbonyl (C=O) groups excluding carboxylic acids is 1. The van der Waals surface area contributed by atoms with Gasteiger partial charge in [-0.15, -0.1) is 0 Å². The number of methoxy groups -OCH3 is 1. The molecule has 5 heteroatoms. The van der Waals surface area contributed by atoms with Gasteiger partial charge in [0.25, 0.3) is 0 Å². The summed E-state index contributed by atoms with van der Waals surface area (Å²) in [6, 6.07) is 7.66. The van der Waals surface area contributed by atoms with E-state index in [0.717, 1.165) is 35.9 Å². The number of rotatable bonds is 9. The molecule has 1 unspecified atom stereocenters. The van der Waals surface area contributed by atoms with E-state index in [1.54, 1.807) is 0 Å². The molecule has 1 N–H and O–H groups in total. The highest BCUT2D eigenvalue weighted by Gasteiger charge is 2.17. The van der Waals surface area contributed by atoms with E-state index < -0.39 is 0 Å². The zero-order valence-electron chi connectivity index (χ0n) is 12.0. The molecule has 0 amide bonds. The Balaban J connectivity index is 2.29. The monoisotopic (exact) mass is 315 g/mol. The van der Waals surface area contributed by atoms with Crippen LogP contribution in [0.2, 0.25) is 5.02 Å². The third-order valence-corrected chi connectivity index (χ3v) is 4.17. The van der Waals surface area contributed by atoms with Crippen LogP contribution in [0.5, 0.6) is 0 Å². The Labute approximate surface area is 130 Å². The molecule has 1 aromatic carbocycles. The molecule has 1 aromatic rings. The van der Waals surface area contributed by atoms with Crippen molar-refractivity contribution in [1.82, 2.24) is 5.32 Å². The van der Waals surface area contributed by atoms with Gasteiger partial charge in [-0.1, -0.05) is 30.7 Å². The second-order valence-corrected chi connectivity index (χ2v) is 6.04. The first kappa shape index (κ1) is 17.3. The van der Waals surface area contributed by atoms with Crippen molar-refractivity contribution in [2.75, 3.05) is 19.4 Å². The van der Waals surface area contributed by atoms with Crippen LogP contribution in [0, 0.1) is 0 Å². The quantitative estimate of drug-likeness (QED) is 0.559. The molecule has 20 heavy (non-hydrogen) atoms. The van der Waals surface area contributed by atoms with E-state index in [1.807, 2.05) is 36.0 Å². The number of esters is 1. The summed E-state index contributed by atoms with van der Waals surface area (Å²) in [6.45, 7) is 2.91. The van der Waals surface area contributed by atoms with Gasteiger partial charge in [-0.25, -0.2) is 0 Å². The van der Waals surface area contributed by atoms with Crippen LogP contribution in [-0.2, 0) is 15.3 Å². The van der Waals surface area contributed by atoms with Gasteiger partial charge in [-0.3, -0.25) is 4.79 Å². The topological polar surface area (TPSA) is 38.3 Å². The minimum Gasteiger partial charge on any atom is -0.468 e. The normalized spacial score (nSPS) is 12.2. The fourth-order valence-electron chi connectivity index (χ4n) is 1.74. The summed E-state index contributed by atoms with van der Waals surface area (Å²) < 4.78 is 4.81. The van der Waals surface area contributed by atoms with Gasteiger partial charge in [-0.05, 0) is 42.8 Å². The predicted molar refractivity (Wildman–Crippen MR) is 86.3 cm³/mol. The molecule has 0 heterocycles. The standard InChI is InChI=1S/C15H22ClNO2S/c1-3-9-17-14(15(18)19-2)8-10-20-11-12-4-6-13(16)7-5-12/h4-7,14,17H,3,8-11H2,1-2H3. The summed E-state index contributed by atoms with van der Waals surface area (Å²) in [5.74, 6) is 1.67. The molecule has 3 nitrogen and oxygen atoms in total. The van der Waals surface area contributed by atoms with Crippen molar-refractivity contribution in [3.8, 4) is 0 Å². The Hall–Kier alpha value is -0.710. The van der Waals surface area contributed by atoms with Crippen LogP contribution in [0.25, 0.3) is 0 Å². The Kier molecular flexibility index (Phi) is 8.74. The number of hydrogen-bond acceptors (Lipinski definition) is 4. The van der Waals surface area contributed by atoms with E-state index in [4.69, 9.17) is 16.3 Å². The van der Waals surface area contributed by atoms with Crippen LogP contribution < -0.4 is 5.32 Å².